The van der Waals surface area contributed by atoms with Crippen molar-refractivity contribution in [1.29, 1.82) is 0 Å². The quantitative estimate of drug-likeness (QED) is 0.247. The standard InChI is InChI=1S/C27H34N4O6S2/c1-5-20-17-38-25(28-20)23(16-19-11-13-21(14-12-19)31-39(34,35)36)29-24(32)22(15-18-9-7-6-8-10-18)30-26(33)37-27(2,3)4/h6-14,17,22-23,31H,5,15-16H2,1-4H3,(H,29,32)(H,30,33)(H,34,35,36). The first-order valence-corrected chi connectivity index (χ1v) is 14.8. The molecule has 0 aliphatic carbocycles. The molecule has 0 radical (unpaired) electrons. The van der Waals surface area contributed by atoms with E-state index >= 15 is 0 Å². The molecule has 2 unspecified atom stereocenters. The minimum absolute atomic E-state index is 0.203. The van der Waals surface area contributed by atoms with Crippen LogP contribution in [0.4, 0.5) is 10.5 Å². The van der Waals surface area contributed by atoms with Crippen LogP contribution in [0.3, 0.4) is 0 Å². The number of ether oxygens (including phenoxy) is 1. The maximum Gasteiger partial charge on any atom is 0.408 e. The SMILES string of the molecule is CCc1csc(C(Cc2ccc(NS(=O)(=O)O)cc2)NC(=O)C(Cc2ccccc2)NC(=O)OC(C)(C)C)n1. The number of anilines is 1. The van der Waals surface area contributed by atoms with Crippen molar-refractivity contribution >= 4 is 39.3 Å². The zero-order valence-corrected chi connectivity index (χ0v) is 23.9. The van der Waals surface area contributed by atoms with Crippen LogP contribution in [0.15, 0.2) is 60.0 Å². The van der Waals surface area contributed by atoms with Crippen LogP contribution in [0, 0.1) is 0 Å². The van der Waals surface area contributed by atoms with E-state index in [0.717, 1.165) is 23.2 Å². The van der Waals surface area contributed by atoms with Crippen molar-refractivity contribution < 1.29 is 27.3 Å². The molecular formula is C27H34N4O6S2. The topological polar surface area (TPSA) is 147 Å². The second-order valence-electron chi connectivity index (χ2n) is 9.96. The Kier molecular flexibility index (Phi) is 10.1. The summed E-state index contributed by atoms with van der Waals surface area (Å²) in [5.41, 5.74) is 2.04. The minimum atomic E-state index is -4.39. The Bertz CT molecular complexity index is 1350. The van der Waals surface area contributed by atoms with E-state index in [0.29, 0.717) is 11.4 Å². The molecule has 0 fully saturated rings. The average molecular weight is 575 g/mol. The van der Waals surface area contributed by atoms with Gasteiger partial charge in [0.15, 0.2) is 0 Å². The number of aromatic nitrogens is 1. The van der Waals surface area contributed by atoms with Gasteiger partial charge in [0.1, 0.15) is 16.7 Å². The molecule has 3 rings (SSSR count). The molecule has 1 aromatic heterocycles. The van der Waals surface area contributed by atoms with Crippen LogP contribution < -0.4 is 15.4 Å². The summed E-state index contributed by atoms with van der Waals surface area (Å²) in [5, 5.41) is 8.40. The van der Waals surface area contributed by atoms with Crippen LogP contribution in [0.5, 0.6) is 0 Å². The maximum absolute atomic E-state index is 13.6. The Morgan fingerprint density at radius 1 is 1.00 bits per heavy atom. The van der Waals surface area contributed by atoms with Gasteiger partial charge in [0.25, 0.3) is 0 Å². The number of nitrogens with one attached hydrogen (secondary N) is 3. The summed E-state index contributed by atoms with van der Waals surface area (Å²) >= 11 is 1.43. The summed E-state index contributed by atoms with van der Waals surface area (Å²) in [6.45, 7) is 7.24. The van der Waals surface area contributed by atoms with Crippen LogP contribution in [0.1, 0.15) is 55.6 Å². The van der Waals surface area contributed by atoms with Gasteiger partial charge in [0, 0.05) is 11.8 Å². The molecule has 39 heavy (non-hydrogen) atoms. The van der Waals surface area contributed by atoms with Gasteiger partial charge in [-0.3, -0.25) is 14.1 Å². The highest BCUT2D eigenvalue weighted by Gasteiger charge is 2.28. The van der Waals surface area contributed by atoms with Gasteiger partial charge >= 0.3 is 16.4 Å². The van der Waals surface area contributed by atoms with Crippen LogP contribution in [0.25, 0.3) is 0 Å². The fourth-order valence-electron chi connectivity index (χ4n) is 3.72. The molecule has 210 valence electrons. The lowest BCUT2D eigenvalue weighted by Gasteiger charge is -2.25. The van der Waals surface area contributed by atoms with E-state index in [1.54, 1.807) is 32.9 Å². The van der Waals surface area contributed by atoms with E-state index in [1.807, 2.05) is 47.4 Å². The number of carbonyl (C=O) groups is 2. The Hall–Kier alpha value is -3.48. The molecular weight excluding hydrogens is 540 g/mol. The molecule has 4 N–H and O–H groups in total. The molecule has 12 heteroatoms. The average Bonchev–Trinajstić information content (AvgIpc) is 3.32. The number of alkyl carbamates (subject to hydrolysis) is 1. The first-order valence-electron chi connectivity index (χ1n) is 12.4. The monoisotopic (exact) mass is 574 g/mol. The fourth-order valence-corrected chi connectivity index (χ4v) is 5.11. The van der Waals surface area contributed by atoms with Gasteiger partial charge < -0.3 is 15.4 Å². The molecule has 2 atom stereocenters. The summed E-state index contributed by atoms with van der Waals surface area (Å²) in [6.07, 6.45) is 0.662. The number of thiazole rings is 1. The Balaban J connectivity index is 1.84. The second-order valence-corrected chi connectivity index (χ2v) is 12.0. The summed E-state index contributed by atoms with van der Waals surface area (Å²) < 4.78 is 38.6. The highest BCUT2D eigenvalue weighted by molar-refractivity contribution is 7.87. The van der Waals surface area contributed by atoms with Gasteiger partial charge in [-0.05, 0) is 56.9 Å². The highest BCUT2D eigenvalue weighted by atomic mass is 32.2. The van der Waals surface area contributed by atoms with Gasteiger partial charge in [0.2, 0.25) is 5.91 Å². The third-order valence-corrected chi connectivity index (χ3v) is 6.98. The zero-order chi connectivity index (χ0) is 28.6. The summed E-state index contributed by atoms with van der Waals surface area (Å²) in [6, 6.07) is 14.4. The van der Waals surface area contributed by atoms with Crippen molar-refractivity contribution in [2.24, 2.45) is 0 Å². The molecule has 0 spiro atoms. The number of nitrogens with zero attached hydrogens (tertiary/aromatic N) is 1. The molecule has 0 bridgehead atoms. The van der Waals surface area contributed by atoms with E-state index < -0.39 is 40.0 Å². The summed E-state index contributed by atoms with van der Waals surface area (Å²) in [7, 11) is -4.39. The molecule has 0 aliphatic rings. The highest BCUT2D eigenvalue weighted by Crippen LogP contribution is 2.24. The van der Waals surface area contributed by atoms with Gasteiger partial charge in [0.05, 0.1) is 17.4 Å². The number of benzene rings is 2. The van der Waals surface area contributed by atoms with Gasteiger partial charge in [-0.1, -0.05) is 49.4 Å². The Morgan fingerprint density at radius 2 is 1.64 bits per heavy atom. The second kappa shape index (κ2) is 13.0. The number of hydrogen-bond acceptors (Lipinski definition) is 7. The van der Waals surface area contributed by atoms with E-state index in [2.05, 4.69) is 15.6 Å². The lowest BCUT2D eigenvalue weighted by atomic mass is 10.0. The normalized spacial score (nSPS) is 13.3. The fraction of sp³-hybridized carbons (Fsp3) is 0.370. The van der Waals surface area contributed by atoms with E-state index in [4.69, 9.17) is 9.29 Å². The van der Waals surface area contributed by atoms with E-state index in [-0.39, 0.29) is 12.1 Å². The predicted molar refractivity (Wildman–Crippen MR) is 151 cm³/mol. The van der Waals surface area contributed by atoms with Gasteiger partial charge in [-0.2, -0.15) is 8.42 Å². The van der Waals surface area contributed by atoms with Crippen LogP contribution >= 0.6 is 11.3 Å². The van der Waals surface area contributed by atoms with Gasteiger partial charge in [-0.25, -0.2) is 9.78 Å². The Morgan fingerprint density at radius 3 is 2.21 bits per heavy atom. The van der Waals surface area contributed by atoms with Gasteiger partial charge in [-0.15, -0.1) is 11.3 Å². The molecule has 2 amide bonds. The molecule has 10 nitrogen and oxygen atoms in total. The molecule has 0 saturated carbocycles. The lowest BCUT2D eigenvalue weighted by molar-refractivity contribution is -0.124. The maximum atomic E-state index is 13.6. The molecule has 2 aromatic carbocycles. The van der Waals surface area contributed by atoms with Crippen molar-refractivity contribution in [3.8, 4) is 0 Å². The third-order valence-electron chi connectivity index (χ3n) is 5.48. The van der Waals surface area contributed by atoms with Crippen molar-refractivity contribution in [3.05, 3.63) is 81.8 Å². The summed E-state index contributed by atoms with van der Waals surface area (Å²) in [4.78, 5) is 30.9. The van der Waals surface area contributed by atoms with E-state index in [1.165, 1.54) is 23.5 Å². The molecule has 1 heterocycles. The number of carbonyl (C=O) groups excluding carboxylic acids is 2. The largest absolute Gasteiger partial charge is 0.444 e. The minimum Gasteiger partial charge on any atom is -0.444 e. The van der Waals surface area contributed by atoms with Crippen LogP contribution in [0.2, 0.25) is 0 Å². The molecule has 0 aliphatic heterocycles. The van der Waals surface area contributed by atoms with E-state index in [9.17, 15) is 18.0 Å². The predicted octanol–water partition coefficient (Wildman–Crippen LogP) is 4.46. The van der Waals surface area contributed by atoms with Crippen molar-refractivity contribution in [2.45, 2.75) is 64.6 Å². The molecule has 0 saturated heterocycles. The zero-order valence-electron chi connectivity index (χ0n) is 22.3. The van der Waals surface area contributed by atoms with Crippen LogP contribution in [-0.2, 0) is 39.1 Å². The first-order chi connectivity index (χ1) is 18.3. The molecule has 3 aromatic rings. The third kappa shape index (κ3) is 10.3. The van der Waals surface area contributed by atoms with Crippen LogP contribution in [-0.4, -0.2) is 41.6 Å². The lowest BCUT2D eigenvalue weighted by Crippen LogP contribution is -2.50. The number of aryl methyl sites for hydroxylation is 1. The van der Waals surface area contributed by atoms with Crippen molar-refractivity contribution in [1.82, 2.24) is 15.6 Å². The smallest absolute Gasteiger partial charge is 0.408 e. The first kappa shape index (κ1) is 30.1. The van der Waals surface area contributed by atoms with Crippen molar-refractivity contribution in [2.75, 3.05) is 4.72 Å². The summed E-state index contributed by atoms with van der Waals surface area (Å²) in [5.74, 6) is -0.396. The number of rotatable bonds is 11. The Labute approximate surface area is 233 Å². The van der Waals surface area contributed by atoms with Crippen molar-refractivity contribution in [3.63, 3.8) is 0 Å². The number of amides is 2. The number of hydrogen-bond donors (Lipinski definition) is 4.